The second-order valence-electron chi connectivity index (χ2n) is 5.88. The number of hydrogen-bond donors (Lipinski definition) is 1. The van der Waals surface area contributed by atoms with Crippen LogP contribution in [-0.4, -0.2) is 29.6 Å². The Kier molecular flexibility index (Phi) is 4.26. The number of benzene rings is 1. The first kappa shape index (κ1) is 17.0. The highest BCUT2D eigenvalue weighted by atomic mass is 32.2. The van der Waals surface area contributed by atoms with Crippen LogP contribution in [0.25, 0.3) is 22.4 Å². The number of pyridine rings is 1. The van der Waals surface area contributed by atoms with Gasteiger partial charge in [0.25, 0.3) is 0 Å². The van der Waals surface area contributed by atoms with E-state index in [2.05, 4.69) is 15.0 Å². The average molecular weight is 354 g/mol. The Morgan fingerprint density at radius 3 is 2.12 bits per heavy atom. The van der Waals surface area contributed by atoms with Crippen molar-refractivity contribution in [2.75, 3.05) is 12.0 Å². The molecular formula is C18H18N4O2S. The molecule has 7 heteroatoms. The van der Waals surface area contributed by atoms with Crippen LogP contribution in [0.2, 0.25) is 0 Å². The van der Waals surface area contributed by atoms with Crippen LogP contribution in [0.1, 0.15) is 11.4 Å². The van der Waals surface area contributed by atoms with E-state index < -0.39 is 9.84 Å². The molecule has 3 rings (SSSR count). The van der Waals surface area contributed by atoms with Crippen molar-refractivity contribution in [3.63, 3.8) is 0 Å². The number of nitrogens with two attached hydrogens (primary N) is 1. The van der Waals surface area contributed by atoms with Gasteiger partial charge in [0, 0.05) is 34.8 Å². The zero-order valence-electron chi connectivity index (χ0n) is 14.2. The van der Waals surface area contributed by atoms with Gasteiger partial charge >= 0.3 is 0 Å². The second kappa shape index (κ2) is 6.25. The fourth-order valence-electron chi connectivity index (χ4n) is 2.62. The summed E-state index contributed by atoms with van der Waals surface area (Å²) in [5.41, 5.74) is 10.6. The molecule has 2 N–H and O–H groups in total. The Labute approximate surface area is 146 Å². The van der Waals surface area contributed by atoms with E-state index >= 15 is 0 Å². The summed E-state index contributed by atoms with van der Waals surface area (Å²) in [5, 5.41) is 0. The van der Waals surface area contributed by atoms with Gasteiger partial charge < -0.3 is 5.73 Å². The predicted octanol–water partition coefficient (Wildman–Crippen LogP) is 2.81. The quantitative estimate of drug-likeness (QED) is 0.776. The molecule has 0 fully saturated rings. The molecule has 0 unspecified atom stereocenters. The maximum absolute atomic E-state index is 11.7. The molecule has 0 amide bonds. The van der Waals surface area contributed by atoms with Crippen LogP contribution in [0.3, 0.4) is 0 Å². The molecule has 0 aliphatic carbocycles. The minimum Gasteiger partial charge on any atom is -0.368 e. The summed E-state index contributed by atoms with van der Waals surface area (Å²) in [6.07, 6.45) is 2.95. The highest BCUT2D eigenvalue weighted by Crippen LogP contribution is 2.33. The Hall–Kier alpha value is -2.80. The van der Waals surface area contributed by atoms with E-state index in [0.29, 0.717) is 5.69 Å². The van der Waals surface area contributed by atoms with Gasteiger partial charge in [0.05, 0.1) is 16.3 Å². The number of aryl methyl sites for hydroxylation is 2. The minimum atomic E-state index is -3.25. The molecule has 2 aromatic heterocycles. The Bertz CT molecular complexity index is 1030. The van der Waals surface area contributed by atoms with E-state index in [1.165, 1.54) is 6.26 Å². The summed E-state index contributed by atoms with van der Waals surface area (Å²) in [5.74, 6) is 0.170. The van der Waals surface area contributed by atoms with Crippen molar-refractivity contribution in [2.24, 2.45) is 0 Å². The maximum atomic E-state index is 11.7. The largest absolute Gasteiger partial charge is 0.368 e. The van der Waals surface area contributed by atoms with Crippen LogP contribution < -0.4 is 5.73 Å². The normalized spacial score (nSPS) is 11.5. The van der Waals surface area contributed by atoms with Gasteiger partial charge in [-0.1, -0.05) is 18.2 Å². The molecule has 0 saturated carbocycles. The van der Waals surface area contributed by atoms with Gasteiger partial charge in [-0.2, -0.15) is 0 Å². The number of aromatic nitrogens is 3. The predicted molar refractivity (Wildman–Crippen MR) is 97.7 cm³/mol. The lowest BCUT2D eigenvalue weighted by atomic mass is 9.99. The molecule has 0 aliphatic rings. The van der Waals surface area contributed by atoms with Crippen molar-refractivity contribution in [2.45, 2.75) is 18.7 Å². The zero-order chi connectivity index (χ0) is 18.2. The van der Waals surface area contributed by atoms with Gasteiger partial charge in [-0.05, 0) is 32.0 Å². The number of nitrogen functional groups attached to an aromatic ring is 1. The maximum Gasteiger partial charge on any atom is 0.220 e. The summed E-state index contributed by atoms with van der Waals surface area (Å²) in [6, 6.07) is 10.5. The van der Waals surface area contributed by atoms with E-state index in [1.807, 2.05) is 26.0 Å². The summed E-state index contributed by atoms with van der Waals surface area (Å²) in [6.45, 7) is 3.78. The van der Waals surface area contributed by atoms with Gasteiger partial charge in [0.1, 0.15) is 0 Å². The van der Waals surface area contributed by atoms with E-state index in [0.717, 1.165) is 28.1 Å². The Morgan fingerprint density at radius 1 is 0.920 bits per heavy atom. The van der Waals surface area contributed by atoms with Crippen molar-refractivity contribution in [1.29, 1.82) is 0 Å². The molecule has 1 aromatic carbocycles. The first-order valence-corrected chi connectivity index (χ1v) is 9.52. The zero-order valence-corrected chi connectivity index (χ0v) is 15.0. The number of nitrogens with zero attached hydrogens (tertiary/aromatic N) is 3. The van der Waals surface area contributed by atoms with E-state index in [1.54, 1.807) is 30.5 Å². The monoisotopic (exact) mass is 354 g/mol. The molecule has 0 spiro atoms. The standard InChI is InChI=1S/C18H18N4O2S/c1-11-4-5-14(10-20-11)16-12(2)21-18(19)22-17(16)13-6-8-15(9-7-13)25(3,23)24/h4-10H,1-3H3,(H2,19,21,22). The summed E-state index contributed by atoms with van der Waals surface area (Å²) >= 11 is 0. The third-order valence-corrected chi connectivity index (χ3v) is 4.99. The molecule has 0 saturated heterocycles. The first-order chi connectivity index (χ1) is 11.8. The molecule has 6 nitrogen and oxygen atoms in total. The molecule has 0 radical (unpaired) electrons. The van der Waals surface area contributed by atoms with Crippen molar-refractivity contribution in [1.82, 2.24) is 15.0 Å². The molecule has 0 bridgehead atoms. The van der Waals surface area contributed by atoms with E-state index in [4.69, 9.17) is 5.73 Å². The Balaban J connectivity index is 2.20. The van der Waals surface area contributed by atoms with Gasteiger partial charge in [0.15, 0.2) is 9.84 Å². The van der Waals surface area contributed by atoms with Gasteiger partial charge in [0.2, 0.25) is 5.95 Å². The van der Waals surface area contributed by atoms with Crippen molar-refractivity contribution < 1.29 is 8.42 Å². The summed E-state index contributed by atoms with van der Waals surface area (Å²) in [7, 11) is -3.25. The molecular weight excluding hydrogens is 336 g/mol. The molecule has 3 aromatic rings. The Morgan fingerprint density at radius 2 is 1.56 bits per heavy atom. The van der Waals surface area contributed by atoms with Crippen LogP contribution >= 0.6 is 0 Å². The van der Waals surface area contributed by atoms with E-state index in [-0.39, 0.29) is 10.8 Å². The highest BCUT2D eigenvalue weighted by molar-refractivity contribution is 7.90. The fraction of sp³-hybridized carbons (Fsp3) is 0.167. The van der Waals surface area contributed by atoms with E-state index in [9.17, 15) is 8.42 Å². The smallest absolute Gasteiger partial charge is 0.220 e. The topological polar surface area (TPSA) is 98.8 Å². The van der Waals surface area contributed by atoms with Gasteiger partial charge in [-0.3, -0.25) is 4.98 Å². The van der Waals surface area contributed by atoms with Crippen LogP contribution in [0.5, 0.6) is 0 Å². The summed E-state index contributed by atoms with van der Waals surface area (Å²) < 4.78 is 23.3. The third-order valence-electron chi connectivity index (χ3n) is 3.86. The number of hydrogen-bond acceptors (Lipinski definition) is 6. The number of rotatable bonds is 3. The highest BCUT2D eigenvalue weighted by Gasteiger charge is 2.16. The molecule has 0 atom stereocenters. The van der Waals surface area contributed by atoms with Crippen LogP contribution in [0, 0.1) is 13.8 Å². The van der Waals surface area contributed by atoms with Gasteiger partial charge in [-0.15, -0.1) is 0 Å². The molecule has 0 aliphatic heterocycles. The van der Waals surface area contributed by atoms with Crippen molar-refractivity contribution in [3.8, 4) is 22.4 Å². The van der Waals surface area contributed by atoms with Crippen LogP contribution in [0.15, 0.2) is 47.5 Å². The molecule has 25 heavy (non-hydrogen) atoms. The third kappa shape index (κ3) is 3.51. The minimum absolute atomic E-state index is 0.170. The van der Waals surface area contributed by atoms with Crippen molar-refractivity contribution in [3.05, 3.63) is 54.0 Å². The van der Waals surface area contributed by atoms with Crippen LogP contribution in [0.4, 0.5) is 5.95 Å². The summed E-state index contributed by atoms with van der Waals surface area (Å²) in [4.78, 5) is 13.2. The fourth-order valence-corrected chi connectivity index (χ4v) is 3.26. The van der Waals surface area contributed by atoms with Gasteiger partial charge in [-0.25, -0.2) is 18.4 Å². The van der Waals surface area contributed by atoms with Crippen LogP contribution in [-0.2, 0) is 9.84 Å². The second-order valence-corrected chi connectivity index (χ2v) is 7.89. The van der Waals surface area contributed by atoms with Crippen molar-refractivity contribution >= 4 is 15.8 Å². The first-order valence-electron chi connectivity index (χ1n) is 7.63. The SMILES string of the molecule is Cc1ccc(-c2c(C)nc(N)nc2-c2ccc(S(C)(=O)=O)cc2)cn1. The lowest BCUT2D eigenvalue weighted by Gasteiger charge is -2.13. The lowest BCUT2D eigenvalue weighted by molar-refractivity contribution is 0.602. The number of sulfone groups is 1. The number of anilines is 1. The lowest BCUT2D eigenvalue weighted by Crippen LogP contribution is -2.03. The molecule has 2 heterocycles. The molecule has 128 valence electrons. The average Bonchev–Trinajstić information content (AvgIpc) is 2.55.